The van der Waals surface area contributed by atoms with Gasteiger partial charge in [-0.1, -0.05) is 38.1 Å². The first kappa shape index (κ1) is 22.1. The normalized spacial score (nSPS) is 11.7. The summed E-state index contributed by atoms with van der Waals surface area (Å²) in [5, 5.41) is 5.43. The average molecular weight is 396 g/mol. The molecule has 29 heavy (non-hydrogen) atoms. The van der Waals surface area contributed by atoms with E-state index in [1.807, 2.05) is 51.1 Å². The van der Waals surface area contributed by atoms with Crippen molar-refractivity contribution in [1.29, 1.82) is 0 Å². The van der Waals surface area contributed by atoms with E-state index in [-0.39, 0.29) is 11.8 Å². The maximum absolute atomic E-state index is 12.5. The second-order valence-corrected chi connectivity index (χ2v) is 7.54. The van der Waals surface area contributed by atoms with Gasteiger partial charge in [0.2, 0.25) is 0 Å². The number of carbonyl (C=O) groups excluding carboxylic acids is 3. The van der Waals surface area contributed by atoms with Crippen molar-refractivity contribution < 1.29 is 19.1 Å². The van der Waals surface area contributed by atoms with Crippen LogP contribution in [0.2, 0.25) is 0 Å². The zero-order valence-corrected chi connectivity index (χ0v) is 17.5. The number of amides is 2. The summed E-state index contributed by atoms with van der Waals surface area (Å²) < 4.78 is 5.16. The van der Waals surface area contributed by atoms with Crippen LogP contribution in [0.1, 0.15) is 40.9 Å². The number of hydrogen-bond donors (Lipinski definition) is 2. The third-order valence-corrected chi connectivity index (χ3v) is 4.45. The Morgan fingerprint density at radius 1 is 0.966 bits per heavy atom. The highest BCUT2D eigenvalue weighted by molar-refractivity contribution is 5.98. The number of hydrogen-bond acceptors (Lipinski definition) is 4. The molecule has 0 saturated carbocycles. The topological polar surface area (TPSA) is 84.5 Å². The standard InChI is InChI=1S/C23H28N2O4/c1-14(2)21(25-22(27)19-9-7-6-8-17(19)5)23(28)29-13-20(26)24-18-11-15(3)10-16(4)12-18/h6-12,14,21H,13H2,1-5H3,(H,24,26)(H,25,27)/t21-/m0/s1. The molecular formula is C23H28N2O4. The van der Waals surface area contributed by atoms with Crippen molar-refractivity contribution in [3.05, 3.63) is 64.7 Å². The average Bonchev–Trinajstić information content (AvgIpc) is 2.63. The molecule has 0 unspecified atom stereocenters. The van der Waals surface area contributed by atoms with Gasteiger partial charge in [-0.05, 0) is 61.6 Å². The third-order valence-electron chi connectivity index (χ3n) is 4.45. The fourth-order valence-electron chi connectivity index (χ4n) is 3.01. The van der Waals surface area contributed by atoms with Crippen molar-refractivity contribution in [2.24, 2.45) is 5.92 Å². The van der Waals surface area contributed by atoms with E-state index in [4.69, 9.17) is 4.74 Å². The minimum Gasteiger partial charge on any atom is -0.454 e. The molecule has 154 valence electrons. The lowest BCUT2D eigenvalue weighted by Gasteiger charge is -2.21. The maximum Gasteiger partial charge on any atom is 0.329 e. The highest BCUT2D eigenvalue weighted by atomic mass is 16.5. The lowest BCUT2D eigenvalue weighted by molar-refractivity contribution is -0.150. The van der Waals surface area contributed by atoms with Crippen LogP contribution in [0.4, 0.5) is 5.69 Å². The maximum atomic E-state index is 12.5. The monoisotopic (exact) mass is 396 g/mol. The molecular weight excluding hydrogens is 368 g/mol. The molecule has 0 fully saturated rings. The molecule has 0 aliphatic rings. The summed E-state index contributed by atoms with van der Waals surface area (Å²) in [5.41, 5.74) is 4.01. The molecule has 0 saturated heterocycles. The molecule has 2 rings (SSSR count). The highest BCUT2D eigenvalue weighted by Gasteiger charge is 2.27. The second kappa shape index (κ2) is 9.87. The predicted molar refractivity (Wildman–Crippen MR) is 113 cm³/mol. The van der Waals surface area contributed by atoms with Crippen molar-refractivity contribution >= 4 is 23.5 Å². The van der Waals surface area contributed by atoms with Crippen molar-refractivity contribution in [3.63, 3.8) is 0 Å². The Labute approximate surface area is 171 Å². The lowest BCUT2D eigenvalue weighted by Crippen LogP contribution is -2.46. The number of benzene rings is 2. The molecule has 6 heteroatoms. The van der Waals surface area contributed by atoms with E-state index in [9.17, 15) is 14.4 Å². The molecule has 0 bridgehead atoms. The predicted octanol–water partition coefficient (Wildman–Crippen LogP) is 3.55. The van der Waals surface area contributed by atoms with E-state index in [0.29, 0.717) is 11.3 Å². The van der Waals surface area contributed by atoms with E-state index in [0.717, 1.165) is 16.7 Å². The molecule has 0 aliphatic heterocycles. The van der Waals surface area contributed by atoms with Crippen molar-refractivity contribution in [1.82, 2.24) is 5.32 Å². The lowest BCUT2D eigenvalue weighted by atomic mass is 10.0. The number of aryl methyl sites for hydroxylation is 3. The molecule has 0 aliphatic carbocycles. The molecule has 2 N–H and O–H groups in total. The van der Waals surface area contributed by atoms with Gasteiger partial charge in [0.25, 0.3) is 11.8 Å². The quantitative estimate of drug-likeness (QED) is 0.701. The summed E-state index contributed by atoms with van der Waals surface area (Å²) in [6.45, 7) is 8.89. The van der Waals surface area contributed by atoms with Gasteiger partial charge in [-0.25, -0.2) is 4.79 Å². The summed E-state index contributed by atoms with van der Waals surface area (Å²) in [7, 11) is 0. The van der Waals surface area contributed by atoms with Crippen LogP contribution in [0.3, 0.4) is 0 Å². The molecule has 0 heterocycles. The molecule has 2 aromatic rings. The van der Waals surface area contributed by atoms with E-state index in [1.165, 1.54) is 0 Å². The van der Waals surface area contributed by atoms with Crippen LogP contribution >= 0.6 is 0 Å². The molecule has 2 amide bonds. The molecule has 0 radical (unpaired) electrons. The molecule has 1 atom stereocenters. The van der Waals surface area contributed by atoms with Crippen LogP contribution < -0.4 is 10.6 Å². The first-order valence-electron chi connectivity index (χ1n) is 9.58. The van der Waals surface area contributed by atoms with Gasteiger partial charge < -0.3 is 15.4 Å². The third kappa shape index (κ3) is 6.45. The van der Waals surface area contributed by atoms with Crippen LogP contribution in [0, 0.1) is 26.7 Å². The summed E-state index contributed by atoms with van der Waals surface area (Å²) in [4.78, 5) is 37.2. The van der Waals surface area contributed by atoms with E-state index < -0.39 is 24.5 Å². The van der Waals surface area contributed by atoms with Gasteiger partial charge in [-0.3, -0.25) is 9.59 Å². The van der Waals surface area contributed by atoms with Gasteiger partial charge >= 0.3 is 5.97 Å². The minimum atomic E-state index is -0.851. The molecule has 0 aromatic heterocycles. The zero-order valence-electron chi connectivity index (χ0n) is 17.5. The fourth-order valence-corrected chi connectivity index (χ4v) is 3.01. The largest absolute Gasteiger partial charge is 0.454 e. The van der Waals surface area contributed by atoms with Gasteiger partial charge in [0, 0.05) is 11.3 Å². The van der Waals surface area contributed by atoms with Crippen LogP contribution in [-0.2, 0) is 14.3 Å². The van der Waals surface area contributed by atoms with Gasteiger partial charge in [-0.2, -0.15) is 0 Å². The Morgan fingerprint density at radius 3 is 2.17 bits per heavy atom. The van der Waals surface area contributed by atoms with Gasteiger partial charge in [0.1, 0.15) is 6.04 Å². The number of nitrogens with one attached hydrogen (secondary N) is 2. The van der Waals surface area contributed by atoms with E-state index >= 15 is 0 Å². The number of rotatable bonds is 7. The highest BCUT2D eigenvalue weighted by Crippen LogP contribution is 2.14. The first-order valence-corrected chi connectivity index (χ1v) is 9.58. The van der Waals surface area contributed by atoms with Crippen LogP contribution in [0.15, 0.2) is 42.5 Å². The Balaban J connectivity index is 1.96. The van der Waals surface area contributed by atoms with Crippen molar-refractivity contribution in [2.45, 2.75) is 40.7 Å². The van der Waals surface area contributed by atoms with Crippen LogP contribution in [0.25, 0.3) is 0 Å². The van der Waals surface area contributed by atoms with E-state index in [2.05, 4.69) is 10.6 Å². The Kier molecular flexibility index (Phi) is 7.53. The van der Waals surface area contributed by atoms with Crippen molar-refractivity contribution in [2.75, 3.05) is 11.9 Å². The molecule has 0 spiro atoms. The van der Waals surface area contributed by atoms with E-state index in [1.54, 1.807) is 26.0 Å². The number of esters is 1. The second-order valence-electron chi connectivity index (χ2n) is 7.54. The van der Waals surface area contributed by atoms with Gasteiger partial charge in [0.15, 0.2) is 6.61 Å². The molecule has 6 nitrogen and oxygen atoms in total. The Morgan fingerprint density at radius 2 is 1.59 bits per heavy atom. The smallest absolute Gasteiger partial charge is 0.329 e. The summed E-state index contributed by atoms with van der Waals surface area (Å²) in [6, 6.07) is 12.0. The SMILES string of the molecule is Cc1cc(C)cc(NC(=O)COC(=O)[C@@H](NC(=O)c2ccccc2C)C(C)C)c1. The number of anilines is 1. The summed E-state index contributed by atoms with van der Waals surface area (Å²) >= 11 is 0. The Hall–Kier alpha value is -3.15. The summed E-state index contributed by atoms with van der Waals surface area (Å²) in [5.74, 6) is -1.62. The fraction of sp³-hybridized carbons (Fsp3) is 0.348. The number of ether oxygens (including phenoxy) is 1. The van der Waals surface area contributed by atoms with Gasteiger partial charge in [-0.15, -0.1) is 0 Å². The summed E-state index contributed by atoms with van der Waals surface area (Å²) in [6.07, 6.45) is 0. The minimum absolute atomic E-state index is 0.196. The van der Waals surface area contributed by atoms with Crippen molar-refractivity contribution in [3.8, 4) is 0 Å². The molecule has 2 aromatic carbocycles. The van der Waals surface area contributed by atoms with Crippen LogP contribution in [0.5, 0.6) is 0 Å². The van der Waals surface area contributed by atoms with Gasteiger partial charge in [0.05, 0.1) is 0 Å². The zero-order chi connectivity index (χ0) is 21.6. The Bertz CT molecular complexity index is 885. The first-order chi connectivity index (χ1) is 13.7. The number of carbonyl (C=O) groups is 3. The van der Waals surface area contributed by atoms with Crippen LogP contribution in [-0.4, -0.2) is 30.4 Å².